The van der Waals surface area contributed by atoms with Crippen LogP contribution in [-0.4, -0.2) is 50.2 Å². The van der Waals surface area contributed by atoms with Crippen molar-refractivity contribution in [2.24, 2.45) is 5.92 Å². The van der Waals surface area contributed by atoms with E-state index in [0.717, 1.165) is 26.1 Å². The highest BCUT2D eigenvalue weighted by Gasteiger charge is 2.27. The van der Waals surface area contributed by atoms with E-state index >= 15 is 0 Å². The minimum atomic E-state index is 0.226. The number of rotatable bonds is 5. The molecule has 0 saturated carbocycles. The Morgan fingerprint density at radius 2 is 2.31 bits per heavy atom. The molecule has 94 valence electrons. The van der Waals surface area contributed by atoms with Crippen molar-refractivity contribution in [2.75, 3.05) is 33.4 Å². The lowest BCUT2D eigenvalue weighted by molar-refractivity contribution is -0.134. The normalized spacial score (nSPS) is 25.8. The molecule has 0 spiro atoms. The molecule has 1 heterocycles. The van der Waals surface area contributed by atoms with Crippen LogP contribution in [0.1, 0.15) is 26.7 Å². The van der Waals surface area contributed by atoms with Gasteiger partial charge in [-0.25, -0.2) is 0 Å². The lowest BCUT2D eigenvalue weighted by Gasteiger charge is -2.37. The van der Waals surface area contributed by atoms with Crippen molar-refractivity contribution < 1.29 is 9.53 Å². The van der Waals surface area contributed by atoms with E-state index in [9.17, 15) is 4.79 Å². The number of ether oxygens (including phenoxy) is 1. The van der Waals surface area contributed by atoms with Gasteiger partial charge in [-0.1, -0.05) is 13.8 Å². The number of likely N-dealkylation sites (tertiary alicyclic amines) is 1. The Morgan fingerprint density at radius 1 is 1.56 bits per heavy atom. The molecule has 2 unspecified atom stereocenters. The first-order valence-corrected chi connectivity index (χ1v) is 6.19. The van der Waals surface area contributed by atoms with Crippen molar-refractivity contribution in [3.8, 4) is 0 Å². The summed E-state index contributed by atoms with van der Waals surface area (Å²) >= 11 is 0. The Balaban J connectivity index is 2.35. The molecule has 1 saturated heterocycles. The van der Waals surface area contributed by atoms with E-state index in [4.69, 9.17) is 4.74 Å². The van der Waals surface area contributed by atoms with E-state index in [1.807, 2.05) is 4.90 Å². The fraction of sp³-hybridized carbons (Fsp3) is 0.917. The maximum atomic E-state index is 11.8. The zero-order valence-electron chi connectivity index (χ0n) is 10.7. The van der Waals surface area contributed by atoms with Crippen LogP contribution in [0.5, 0.6) is 0 Å². The van der Waals surface area contributed by atoms with Crippen molar-refractivity contribution in [3.05, 3.63) is 0 Å². The van der Waals surface area contributed by atoms with Gasteiger partial charge < -0.3 is 15.0 Å². The SMILES string of the molecule is CCNC1CCN(C(=O)CCOC)CC1C. The smallest absolute Gasteiger partial charge is 0.224 e. The van der Waals surface area contributed by atoms with Gasteiger partial charge in [0.15, 0.2) is 0 Å². The molecular formula is C12H24N2O2. The van der Waals surface area contributed by atoms with Crippen LogP contribution in [0.2, 0.25) is 0 Å². The molecule has 0 bridgehead atoms. The van der Waals surface area contributed by atoms with Crippen LogP contribution in [0.3, 0.4) is 0 Å². The van der Waals surface area contributed by atoms with Gasteiger partial charge in [0.25, 0.3) is 0 Å². The molecule has 0 aromatic carbocycles. The van der Waals surface area contributed by atoms with Gasteiger partial charge >= 0.3 is 0 Å². The molecule has 2 atom stereocenters. The largest absolute Gasteiger partial charge is 0.384 e. The van der Waals surface area contributed by atoms with E-state index in [2.05, 4.69) is 19.2 Å². The molecule has 4 heteroatoms. The quantitative estimate of drug-likeness (QED) is 0.759. The molecule has 1 amide bonds. The molecule has 0 aliphatic carbocycles. The topological polar surface area (TPSA) is 41.6 Å². The lowest BCUT2D eigenvalue weighted by atomic mass is 9.93. The van der Waals surface area contributed by atoms with Gasteiger partial charge in [0.1, 0.15) is 0 Å². The molecule has 0 radical (unpaired) electrons. The minimum absolute atomic E-state index is 0.226. The fourth-order valence-electron chi connectivity index (χ4n) is 2.29. The first-order chi connectivity index (χ1) is 7.69. The highest BCUT2D eigenvalue weighted by atomic mass is 16.5. The number of nitrogens with zero attached hydrogens (tertiary/aromatic N) is 1. The van der Waals surface area contributed by atoms with Gasteiger partial charge in [0.05, 0.1) is 13.0 Å². The average molecular weight is 228 g/mol. The Bertz CT molecular complexity index is 221. The summed E-state index contributed by atoms with van der Waals surface area (Å²) in [6.45, 7) is 7.63. The Hall–Kier alpha value is -0.610. The van der Waals surface area contributed by atoms with Crippen LogP contribution in [0.25, 0.3) is 0 Å². The molecule has 0 aromatic rings. The van der Waals surface area contributed by atoms with Gasteiger partial charge in [-0.15, -0.1) is 0 Å². The zero-order chi connectivity index (χ0) is 12.0. The first-order valence-electron chi connectivity index (χ1n) is 6.19. The van der Waals surface area contributed by atoms with Gasteiger partial charge in [-0.3, -0.25) is 4.79 Å². The fourth-order valence-corrected chi connectivity index (χ4v) is 2.29. The number of carbonyl (C=O) groups excluding carboxylic acids is 1. The standard InChI is InChI=1S/C12H24N2O2/c1-4-13-11-5-7-14(9-10(11)2)12(15)6-8-16-3/h10-11,13H,4-9H2,1-3H3. The zero-order valence-corrected chi connectivity index (χ0v) is 10.7. The molecule has 4 nitrogen and oxygen atoms in total. The summed E-state index contributed by atoms with van der Waals surface area (Å²) in [4.78, 5) is 13.8. The molecule has 0 aromatic heterocycles. The van der Waals surface area contributed by atoms with E-state index in [1.54, 1.807) is 7.11 Å². The second kappa shape index (κ2) is 6.86. The third kappa shape index (κ3) is 3.76. The third-order valence-electron chi connectivity index (χ3n) is 3.24. The van der Waals surface area contributed by atoms with Crippen LogP contribution in [0.4, 0.5) is 0 Å². The summed E-state index contributed by atoms with van der Waals surface area (Å²) in [5.41, 5.74) is 0. The van der Waals surface area contributed by atoms with Crippen molar-refractivity contribution in [2.45, 2.75) is 32.7 Å². The number of nitrogens with one attached hydrogen (secondary N) is 1. The second-order valence-corrected chi connectivity index (χ2v) is 4.51. The summed E-state index contributed by atoms with van der Waals surface area (Å²) < 4.78 is 4.93. The van der Waals surface area contributed by atoms with Crippen LogP contribution < -0.4 is 5.32 Å². The van der Waals surface area contributed by atoms with Gasteiger partial charge in [-0.2, -0.15) is 0 Å². The molecule has 1 aliphatic rings. The van der Waals surface area contributed by atoms with Crippen molar-refractivity contribution >= 4 is 5.91 Å². The van der Waals surface area contributed by atoms with Gasteiger partial charge in [-0.05, 0) is 18.9 Å². The number of carbonyl (C=O) groups is 1. The molecular weight excluding hydrogens is 204 g/mol. The van der Waals surface area contributed by atoms with E-state index in [-0.39, 0.29) is 5.91 Å². The average Bonchev–Trinajstić information content (AvgIpc) is 2.29. The number of methoxy groups -OCH3 is 1. The minimum Gasteiger partial charge on any atom is -0.384 e. The number of piperidine rings is 1. The first kappa shape index (κ1) is 13.5. The highest BCUT2D eigenvalue weighted by molar-refractivity contribution is 5.76. The van der Waals surface area contributed by atoms with Crippen LogP contribution in [0, 0.1) is 5.92 Å². The van der Waals surface area contributed by atoms with Crippen molar-refractivity contribution in [3.63, 3.8) is 0 Å². The van der Waals surface area contributed by atoms with Crippen molar-refractivity contribution in [1.29, 1.82) is 0 Å². The van der Waals surface area contributed by atoms with Gasteiger partial charge in [0, 0.05) is 26.2 Å². The maximum Gasteiger partial charge on any atom is 0.224 e. The molecule has 1 rings (SSSR count). The predicted molar refractivity (Wildman–Crippen MR) is 64.3 cm³/mol. The Kier molecular flexibility index (Phi) is 5.77. The van der Waals surface area contributed by atoms with Crippen molar-refractivity contribution in [1.82, 2.24) is 10.2 Å². The van der Waals surface area contributed by atoms with Gasteiger partial charge in [0.2, 0.25) is 5.91 Å². The second-order valence-electron chi connectivity index (χ2n) is 4.51. The summed E-state index contributed by atoms with van der Waals surface area (Å²) in [6, 6.07) is 0.566. The van der Waals surface area contributed by atoms with E-state index < -0.39 is 0 Å². The van der Waals surface area contributed by atoms with Crippen LogP contribution in [-0.2, 0) is 9.53 Å². The third-order valence-corrected chi connectivity index (χ3v) is 3.24. The Labute approximate surface area is 98.3 Å². The number of amides is 1. The Morgan fingerprint density at radius 3 is 2.88 bits per heavy atom. The monoisotopic (exact) mass is 228 g/mol. The summed E-state index contributed by atoms with van der Waals surface area (Å²) in [5, 5.41) is 3.47. The number of hydrogen-bond acceptors (Lipinski definition) is 3. The highest BCUT2D eigenvalue weighted by Crippen LogP contribution is 2.17. The summed E-state index contributed by atoms with van der Waals surface area (Å²) in [5.74, 6) is 0.767. The summed E-state index contributed by atoms with van der Waals surface area (Å²) in [7, 11) is 1.63. The van der Waals surface area contributed by atoms with E-state index in [1.165, 1.54) is 0 Å². The molecule has 1 aliphatic heterocycles. The van der Waals surface area contributed by atoms with E-state index in [0.29, 0.717) is 25.0 Å². The lowest BCUT2D eigenvalue weighted by Crippen LogP contribution is -2.50. The predicted octanol–water partition coefficient (Wildman–Crippen LogP) is 0.869. The van der Waals surface area contributed by atoms with Crippen LogP contribution >= 0.6 is 0 Å². The maximum absolute atomic E-state index is 11.8. The van der Waals surface area contributed by atoms with Crippen LogP contribution in [0.15, 0.2) is 0 Å². The molecule has 16 heavy (non-hydrogen) atoms. The number of hydrogen-bond donors (Lipinski definition) is 1. The molecule has 1 fully saturated rings. The molecule has 1 N–H and O–H groups in total. The summed E-state index contributed by atoms with van der Waals surface area (Å²) in [6.07, 6.45) is 1.57.